The van der Waals surface area contributed by atoms with Gasteiger partial charge in [0.2, 0.25) is 17.3 Å². The Kier molecular flexibility index (Phi) is 5.49. The molecule has 3 heterocycles. The quantitative estimate of drug-likeness (QED) is 0.423. The molecule has 2 aromatic heterocycles. The monoisotopic (exact) mass is 512 g/mol. The van der Waals surface area contributed by atoms with Crippen molar-refractivity contribution in [3.8, 4) is 17.1 Å². The Balaban J connectivity index is 1.81. The second-order valence-electron chi connectivity index (χ2n) is 5.57. The van der Waals surface area contributed by atoms with E-state index in [0.717, 1.165) is 36.6 Å². The second kappa shape index (κ2) is 7.84. The SMILES string of the molecule is CCCSc1nnc2c(n1)O[C@@H](c1ccc(Br)s1)Nc1ccc(Br)cc1-2. The van der Waals surface area contributed by atoms with E-state index in [9.17, 15) is 0 Å². The lowest BCUT2D eigenvalue weighted by Crippen LogP contribution is -2.15. The summed E-state index contributed by atoms with van der Waals surface area (Å²) in [6, 6.07) is 10.1. The molecule has 0 spiro atoms. The molecule has 5 nitrogen and oxygen atoms in total. The van der Waals surface area contributed by atoms with Crippen LogP contribution >= 0.6 is 55.0 Å². The molecule has 0 amide bonds. The Hall–Kier alpha value is -1.16. The number of fused-ring (bicyclic) bond motifs is 3. The Morgan fingerprint density at radius 2 is 2.12 bits per heavy atom. The maximum absolute atomic E-state index is 6.24. The lowest BCUT2D eigenvalue weighted by atomic mass is 10.1. The van der Waals surface area contributed by atoms with Crippen LogP contribution in [0.15, 0.2) is 43.7 Å². The third-order valence-corrected chi connectivity index (χ3v) is 6.88. The summed E-state index contributed by atoms with van der Waals surface area (Å²) >= 11 is 10.3. The summed E-state index contributed by atoms with van der Waals surface area (Å²) in [5, 5.41) is 12.8. The van der Waals surface area contributed by atoms with Crippen LogP contribution in [-0.2, 0) is 0 Å². The van der Waals surface area contributed by atoms with Crippen LogP contribution in [0.2, 0.25) is 0 Å². The molecular formula is C17H14Br2N4OS2. The lowest BCUT2D eigenvalue weighted by Gasteiger charge is -2.17. The molecule has 1 atom stereocenters. The number of nitrogens with one attached hydrogen (secondary N) is 1. The summed E-state index contributed by atoms with van der Waals surface area (Å²) in [7, 11) is 0. The molecule has 134 valence electrons. The number of rotatable bonds is 4. The van der Waals surface area contributed by atoms with E-state index < -0.39 is 0 Å². The molecule has 1 N–H and O–H groups in total. The van der Waals surface area contributed by atoms with Crippen LogP contribution in [0.5, 0.6) is 5.88 Å². The number of nitrogens with zero attached hydrogens (tertiary/aromatic N) is 3. The fourth-order valence-electron chi connectivity index (χ4n) is 2.52. The predicted octanol–water partition coefficient (Wildman–Crippen LogP) is 6.13. The summed E-state index contributed by atoms with van der Waals surface area (Å²) < 4.78 is 8.25. The summed E-state index contributed by atoms with van der Waals surface area (Å²) in [6.45, 7) is 2.13. The first-order valence-corrected chi connectivity index (χ1v) is 11.4. The molecule has 0 fully saturated rings. The molecular weight excluding hydrogens is 500 g/mol. The van der Waals surface area contributed by atoms with Gasteiger partial charge in [-0.25, -0.2) is 0 Å². The van der Waals surface area contributed by atoms with Gasteiger partial charge in [-0.2, -0.15) is 4.98 Å². The summed E-state index contributed by atoms with van der Waals surface area (Å²) in [6.07, 6.45) is 0.711. The normalized spacial score (nSPS) is 15.4. The molecule has 0 radical (unpaired) electrons. The highest BCUT2D eigenvalue weighted by Crippen LogP contribution is 2.42. The molecule has 1 aliphatic heterocycles. The number of benzene rings is 1. The van der Waals surface area contributed by atoms with Crippen LogP contribution in [0.3, 0.4) is 0 Å². The molecule has 0 bridgehead atoms. The van der Waals surface area contributed by atoms with E-state index in [1.807, 2.05) is 30.3 Å². The maximum Gasteiger partial charge on any atom is 0.247 e. The van der Waals surface area contributed by atoms with Crippen molar-refractivity contribution >= 4 is 60.6 Å². The molecule has 0 aliphatic carbocycles. The minimum absolute atomic E-state index is 0.340. The van der Waals surface area contributed by atoms with Gasteiger partial charge in [-0.3, -0.25) is 0 Å². The Morgan fingerprint density at radius 3 is 2.88 bits per heavy atom. The van der Waals surface area contributed by atoms with E-state index >= 15 is 0 Å². The van der Waals surface area contributed by atoms with E-state index in [4.69, 9.17) is 4.74 Å². The number of thioether (sulfide) groups is 1. The van der Waals surface area contributed by atoms with Gasteiger partial charge in [-0.05, 0) is 52.7 Å². The number of thiophene rings is 1. The van der Waals surface area contributed by atoms with Gasteiger partial charge in [0.05, 0.1) is 8.66 Å². The largest absolute Gasteiger partial charge is 0.447 e. The molecule has 3 aromatic rings. The van der Waals surface area contributed by atoms with Gasteiger partial charge in [0.15, 0.2) is 5.69 Å². The molecule has 1 aromatic carbocycles. The first-order valence-electron chi connectivity index (χ1n) is 8.00. The highest BCUT2D eigenvalue weighted by Gasteiger charge is 2.27. The molecule has 4 rings (SSSR count). The molecule has 0 unspecified atom stereocenters. The predicted molar refractivity (Wildman–Crippen MR) is 113 cm³/mol. The standard InChI is InChI=1S/C17H14Br2N4OS2/c1-2-7-25-17-21-16-14(22-23-17)10-8-9(18)3-4-11(10)20-15(24-16)12-5-6-13(19)26-12/h3-6,8,15,20H,2,7H2,1H3/t15-/m0/s1. The first-order chi connectivity index (χ1) is 12.6. The van der Waals surface area contributed by atoms with Crippen molar-refractivity contribution in [1.82, 2.24) is 15.2 Å². The number of anilines is 1. The minimum Gasteiger partial charge on any atom is -0.447 e. The van der Waals surface area contributed by atoms with Crippen molar-refractivity contribution in [1.29, 1.82) is 0 Å². The van der Waals surface area contributed by atoms with Crippen LogP contribution < -0.4 is 10.1 Å². The fourth-order valence-corrected chi connectivity index (χ4v) is 4.92. The molecule has 1 aliphatic rings. The van der Waals surface area contributed by atoms with Crippen molar-refractivity contribution in [2.24, 2.45) is 0 Å². The van der Waals surface area contributed by atoms with Gasteiger partial charge in [0, 0.05) is 21.5 Å². The zero-order chi connectivity index (χ0) is 18.1. The van der Waals surface area contributed by atoms with Gasteiger partial charge in [-0.15, -0.1) is 21.5 Å². The molecule has 0 saturated carbocycles. The topological polar surface area (TPSA) is 59.9 Å². The average molecular weight is 514 g/mol. The number of hydrogen-bond donors (Lipinski definition) is 1. The average Bonchev–Trinajstić information content (AvgIpc) is 3.00. The third-order valence-electron chi connectivity index (χ3n) is 3.68. The zero-order valence-corrected chi connectivity index (χ0v) is 18.5. The van der Waals surface area contributed by atoms with Crippen LogP contribution in [-0.4, -0.2) is 20.9 Å². The van der Waals surface area contributed by atoms with Gasteiger partial charge < -0.3 is 10.1 Å². The molecule has 26 heavy (non-hydrogen) atoms. The Bertz CT molecular complexity index is 950. The Labute approximate surface area is 176 Å². The van der Waals surface area contributed by atoms with Crippen LogP contribution in [0.25, 0.3) is 11.3 Å². The minimum atomic E-state index is -0.340. The van der Waals surface area contributed by atoms with Gasteiger partial charge in [0.1, 0.15) is 0 Å². The highest BCUT2D eigenvalue weighted by molar-refractivity contribution is 9.11. The lowest BCUT2D eigenvalue weighted by molar-refractivity contribution is 0.229. The van der Waals surface area contributed by atoms with E-state index in [0.29, 0.717) is 16.7 Å². The fraction of sp³-hybridized carbons (Fsp3) is 0.235. The second-order valence-corrected chi connectivity index (χ2v) is 10.0. The van der Waals surface area contributed by atoms with E-state index in [-0.39, 0.29) is 6.23 Å². The summed E-state index contributed by atoms with van der Waals surface area (Å²) in [5.74, 6) is 1.44. The third kappa shape index (κ3) is 3.76. The van der Waals surface area contributed by atoms with E-state index in [2.05, 4.69) is 59.3 Å². The molecule has 0 saturated heterocycles. The van der Waals surface area contributed by atoms with Gasteiger partial charge in [-0.1, -0.05) is 34.6 Å². The van der Waals surface area contributed by atoms with Crippen LogP contribution in [0.1, 0.15) is 24.4 Å². The van der Waals surface area contributed by atoms with Crippen molar-refractivity contribution in [2.45, 2.75) is 24.7 Å². The van der Waals surface area contributed by atoms with Crippen LogP contribution in [0, 0.1) is 0 Å². The number of aromatic nitrogens is 3. The highest BCUT2D eigenvalue weighted by atomic mass is 79.9. The Morgan fingerprint density at radius 1 is 1.23 bits per heavy atom. The van der Waals surface area contributed by atoms with Crippen molar-refractivity contribution in [3.63, 3.8) is 0 Å². The van der Waals surface area contributed by atoms with E-state index in [1.54, 1.807) is 23.1 Å². The summed E-state index contributed by atoms with van der Waals surface area (Å²) in [5.41, 5.74) is 2.50. The van der Waals surface area contributed by atoms with Crippen molar-refractivity contribution in [2.75, 3.05) is 11.1 Å². The van der Waals surface area contributed by atoms with Gasteiger partial charge in [0.25, 0.3) is 0 Å². The summed E-state index contributed by atoms with van der Waals surface area (Å²) in [4.78, 5) is 5.68. The number of halogens is 2. The van der Waals surface area contributed by atoms with E-state index in [1.165, 1.54) is 0 Å². The smallest absolute Gasteiger partial charge is 0.247 e. The number of ether oxygens (including phenoxy) is 1. The zero-order valence-electron chi connectivity index (χ0n) is 13.7. The van der Waals surface area contributed by atoms with Crippen molar-refractivity contribution in [3.05, 3.63) is 43.5 Å². The van der Waals surface area contributed by atoms with Gasteiger partial charge >= 0.3 is 0 Å². The maximum atomic E-state index is 6.24. The number of hydrogen-bond acceptors (Lipinski definition) is 7. The van der Waals surface area contributed by atoms with Crippen LogP contribution in [0.4, 0.5) is 5.69 Å². The van der Waals surface area contributed by atoms with Crippen molar-refractivity contribution < 1.29 is 4.74 Å². The molecule has 9 heteroatoms. The first kappa shape index (κ1) is 18.2.